The van der Waals surface area contributed by atoms with Crippen molar-refractivity contribution in [2.45, 2.75) is 19.3 Å². The van der Waals surface area contributed by atoms with Gasteiger partial charge in [0.05, 0.1) is 5.02 Å². The first-order valence-electron chi connectivity index (χ1n) is 6.52. The topological polar surface area (TPSA) is 17.1 Å². The minimum Gasteiger partial charge on any atom is -0.294 e. The summed E-state index contributed by atoms with van der Waals surface area (Å²) in [5.41, 5.74) is 2.89. The number of Topliss-reactive ketones (excluding diaryl/α,β-unsaturated/α-hetero) is 1. The molecule has 0 aliphatic heterocycles. The Hall–Kier alpha value is -1.60. The maximum absolute atomic E-state index is 12.5. The summed E-state index contributed by atoms with van der Waals surface area (Å²) in [6.07, 6.45) is 0.938. The van der Waals surface area contributed by atoms with Crippen molar-refractivity contribution in [3.63, 3.8) is 0 Å². The van der Waals surface area contributed by atoms with Gasteiger partial charge in [0.15, 0.2) is 5.78 Å². The van der Waals surface area contributed by atoms with E-state index < -0.39 is 0 Å². The summed E-state index contributed by atoms with van der Waals surface area (Å²) < 4.78 is 0. The summed E-state index contributed by atoms with van der Waals surface area (Å²) in [4.78, 5) is 12.5. The van der Waals surface area contributed by atoms with Crippen LogP contribution in [0.3, 0.4) is 0 Å². The molecule has 0 bridgehead atoms. The normalized spacial score (nSPS) is 21.2. The van der Waals surface area contributed by atoms with E-state index in [0.717, 1.165) is 12.0 Å². The van der Waals surface area contributed by atoms with Gasteiger partial charge in [-0.1, -0.05) is 54.1 Å². The van der Waals surface area contributed by atoms with Crippen molar-refractivity contribution in [2.75, 3.05) is 0 Å². The van der Waals surface area contributed by atoms with Gasteiger partial charge in [-0.3, -0.25) is 4.79 Å². The Labute approximate surface area is 118 Å². The maximum Gasteiger partial charge on any atom is 0.168 e. The molecule has 1 aliphatic carbocycles. The highest BCUT2D eigenvalue weighted by molar-refractivity contribution is 6.34. The third-order valence-electron chi connectivity index (χ3n) is 3.81. The fourth-order valence-electron chi connectivity index (χ4n) is 2.59. The van der Waals surface area contributed by atoms with Crippen LogP contribution in [0.15, 0.2) is 48.5 Å². The summed E-state index contributed by atoms with van der Waals surface area (Å²) >= 11 is 6.23. The number of carbonyl (C=O) groups excluding carboxylic acids is 1. The van der Waals surface area contributed by atoms with Crippen molar-refractivity contribution in [2.24, 2.45) is 5.92 Å². The quantitative estimate of drug-likeness (QED) is 0.743. The molecule has 0 amide bonds. The highest BCUT2D eigenvalue weighted by Crippen LogP contribution is 2.49. The van der Waals surface area contributed by atoms with Gasteiger partial charge < -0.3 is 0 Å². The molecule has 1 saturated carbocycles. The number of benzene rings is 2. The van der Waals surface area contributed by atoms with Crippen LogP contribution in [0.1, 0.15) is 33.8 Å². The fourth-order valence-corrected chi connectivity index (χ4v) is 2.81. The summed E-state index contributed by atoms with van der Waals surface area (Å²) in [6, 6.07) is 15.9. The summed E-state index contributed by atoms with van der Waals surface area (Å²) in [6.45, 7) is 1.93. The minimum absolute atomic E-state index is 0.0988. The van der Waals surface area contributed by atoms with Crippen molar-refractivity contribution in [1.29, 1.82) is 0 Å². The molecule has 19 heavy (non-hydrogen) atoms. The zero-order chi connectivity index (χ0) is 13.4. The average Bonchev–Trinajstić information content (AvgIpc) is 3.22. The highest BCUT2D eigenvalue weighted by Gasteiger charge is 2.44. The van der Waals surface area contributed by atoms with Crippen molar-refractivity contribution in [1.82, 2.24) is 0 Å². The van der Waals surface area contributed by atoms with E-state index in [9.17, 15) is 4.79 Å². The number of hydrogen-bond donors (Lipinski definition) is 0. The van der Waals surface area contributed by atoms with Crippen molar-refractivity contribution < 1.29 is 4.79 Å². The van der Waals surface area contributed by atoms with E-state index in [1.165, 1.54) is 5.56 Å². The Morgan fingerprint density at radius 1 is 1.11 bits per heavy atom. The molecule has 0 aromatic heterocycles. The van der Waals surface area contributed by atoms with E-state index in [2.05, 4.69) is 12.1 Å². The Bertz CT molecular complexity index is 618. The van der Waals surface area contributed by atoms with E-state index in [-0.39, 0.29) is 11.7 Å². The van der Waals surface area contributed by atoms with Crippen LogP contribution in [-0.4, -0.2) is 5.78 Å². The van der Waals surface area contributed by atoms with Crippen LogP contribution in [0.2, 0.25) is 5.02 Å². The molecule has 0 saturated heterocycles. The van der Waals surface area contributed by atoms with Crippen LogP contribution in [-0.2, 0) is 0 Å². The van der Waals surface area contributed by atoms with Crippen LogP contribution in [0.5, 0.6) is 0 Å². The lowest BCUT2D eigenvalue weighted by atomic mass is 10.0. The standard InChI is InChI=1S/C17H15ClO/c1-11-6-5-9-13(16(11)18)17(19)15-10-14(15)12-7-3-2-4-8-12/h2-9,14-15H,10H2,1H3. The van der Waals surface area contributed by atoms with Gasteiger partial charge in [-0.2, -0.15) is 0 Å². The zero-order valence-corrected chi connectivity index (χ0v) is 11.5. The fraction of sp³-hybridized carbons (Fsp3) is 0.235. The number of carbonyl (C=O) groups is 1. The van der Waals surface area contributed by atoms with Gasteiger partial charge in [0.25, 0.3) is 0 Å². The van der Waals surface area contributed by atoms with Crippen LogP contribution in [0, 0.1) is 12.8 Å². The van der Waals surface area contributed by atoms with Gasteiger partial charge in [-0.25, -0.2) is 0 Å². The lowest BCUT2D eigenvalue weighted by molar-refractivity contribution is 0.0965. The molecular weight excluding hydrogens is 256 g/mol. The molecule has 2 atom stereocenters. The van der Waals surface area contributed by atoms with Crippen LogP contribution in [0.25, 0.3) is 0 Å². The second kappa shape index (κ2) is 4.82. The van der Waals surface area contributed by atoms with Gasteiger partial charge in [0.2, 0.25) is 0 Å². The Morgan fingerprint density at radius 3 is 2.58 bits per heavy atom. The molecule has 2 unspecified atom stereocenters. The summed E-state index contributed by atoms with van der Waals surface area (Å²) in [5.74, 6) is 0.648. The van der Waals surface area contributed by atoms with Crippen LogP contribution in [0.4, 0.5) is 0 Å². The molecule has 2 aromatic carbocycles. The van der Waals surface area contributed by atoms with Crippen molar-refractivity contribution in [3.8, 4) is 0 Å². The molecule has 1 fully saturated rings. The number of ketones is 1. The molecule has 3 rings (SSSR count). The van der Waals surface area contributed by atoms with Gasteiger partial charge in [-0.05, 0) is 36.5 Å². The van der Waals surface area contributed by atoms with Crippen LogP contribution >= 0.6 is 11.6 Å². The third-order valence-corrected chi connectivity index (χ3v) is 4.31. The summed E-state index contributed by atoms with van der Waals surface area (Å²) in [7, 11) is 0. The lowest BCUT2D eigenvalue weighted by Crippen LogP contribution is -2.04. The SMILES string of the molecule is Cc1cccc(C(=O)C2CC2c2ccccc2)c1Cl. The first-order chi connectivity index (χ1) is 9.18. The first kappa shape index (κ1) is 12.4. The highest BCUT2D eigenvalue weighted by atomic mass is 35.5. The van der Waals surface area contributed by atoms with Gasteiger partial charge in [0.1, 0.15) is 0 Å². The molecule has 0 heterocycles. The number of rotatable bonds is 3. The smallest absolute Gasteiger partial charge is 0.168 e. The lowest BCUT2D eigenvalue weighted by Gasteiger charge is -2.05. The largest absolute Gasteiger partial charge is 0.294 e. The molecule has 1 aliphatic rings. The number of aryl methyl sites for hydroxylation is 1. The Balaban J connectivity index is 1.82. The van der Waals surface area contributed by atoms with E-state index >= 15 is 0 Å². The van der Waals surface area contributed by atoms with E-state index in [0.29, 0.717) is 16.5 Å². The molecule has 2 aromatic rings. The Kier molecular flexibility index (Phi) is 3.16. The van der Waals surface area contributed by atoms with E-state index in [1.807, 2.05) is 43.3 Å². The van der Waals surface area contributed by atoms with Crippen LogP contribution < -0.4 is 0 Å². The number of hydrogen-bond acceptors (Lipinski definition) is 1. The van der Waals surface area contributed by atoms with Gasteiger partial charge in [-0.15, -0.1) is 0 Å². The van der Waals surface area contributed by atoms with E-state index in [1.54, 1.807) is 0 Å². The molecule has 0 radical (unpaired) electrons. The average molecular weight is 271 g/mol. The second-order valence-corrected chi connectivity index (χ2v) is 5.54. The summed E-state index contributed by atoms with van der Waals surface area (Å²) in [5, 5.41) is 0.603. The third kappa shape index (κ3) is 2.31. The molecule has 0 spiro atoms. The number of halogens is 1. The zero-order valence-electron chi connectivity index (χ0n) is 10.8. The molecule has 96 valence electrons. The predicted octanol–water partition coefficient (Wildman–Crippen LogP) is 4.63. The molecule has 2 heteroatoms. The van der Waals surface area contributed by atoms with Gasteiger partial charge >= 0.3 is 0 Å². The predicted molar refractivity (Wildman–Crippen MR) is 77.8 cm³/mol. The first-order valence-corrected chi connectivity index (χ1v) is 6.90. The second-order valence-electron chi connectivity index (χ2n) is 5.16. The van der Waals surface area contributed by atoms with Gasteiger partial charge in [0, 0.05) is 11.5 Å². The van der Waals surface area contributed by atoms with E-state index in [4.69, 9.17) is 11.6 Å². The Morgan fingerprint density at radius 2 is 1.84 bits per heavy atom. The minimum atomic E-state index is 0.0988. The molecule has 1 nitrogen and oxygen atoms in total. The van der Waals surface area contributed by atoms with Crippen molar-refractivity contribution >= 4 is 17.4 Å². The monoisotopic (exact) mass is 270 g/mol. The molecular formula is C17H15ClO. The molecule has 0 N–H and O–H groups in total. The maximum atomic E-state index is 12.5. The van der Waals surface area contributed by atoms with Crippen molar-refractivity contribution in [3.05, 3.63) is 70.2 Å².